The first-order chi connectivity index (χ1) is 12.0. The highest BCUT2D eigenvalue weighted by molar-refractivity contribution is 5.67. The summed E-state index contributed by atoms with van der Waals surface area (Å²) in [5, 5.41) is 10.1. The van der Waals surface area contributed by atoms with Crippen molar-refractivity contribution in [2.24, 2.45) is 11.3 Å². The lowest BCUT2D eigenvalue weighted by Gasteiger charge is -2.53. The molecule has 1 aromatic rings. The summed E-state index contributed by atoms with van der Waals surface area (Å²) in [5.41, 5.74) is 2.90. The number of allylic oxidation sites excluding steroid dienone is 1. The summed E-state index contributed by atoms with van der Waals surface area (Å²) in [6.07, 6.45) is 5.92. The molecule has 2 saturated heterocycles. The van der Waals surface area contributed by atoms with Crippen LogP contribution in [0.1, 0.15) is 38.7 Å². The van der Waals surface area contributed by atoms with Crippen LogP contribution in [0, 0.1) is 11.3 Å². The van der Waals surface area contributed by atoms with E-state index >= 15 is 0 Å². The predicted octanol–water partition coefficient (Wildman–Crippen LogP) is 3.50. The van der Waals surface area contributed by atoms with Gasteiger partial charge in [-0.2, -0.15) is 0 Å². The van der Waals surface area contributed by atoms with Crippen LogP contribution in [0.3, 0.4) is 0 Å². The van der Waals surface area contributed by atoms with E-state index in [4.69, 9.17) is 0 Å². The fourth-order valence-electron chi connectivity index (χ4n) is 4.75. The number of hydrogen-bond donors (Lipinski definition) is 1. The minimum atomic E-state index is 0.123. The lowest BCUT2D eigenvalue weighted by atomic mass is 9.69. The number of nitrogens with zero attached hydrogens (tertiary/aromatic N) is 2. The van der Waals surface area contributed by atoms with Crippen LogP contribution in [0.5, 0.6) is 0 Å². The van der Waals surface area contributed by atoms with E-state index < -0.39 is 0 Å². The van der Waals surface area contributed by atoms with Gasteiger partial charge in [0.05, 0.1) is 6.61 Å². The molecule has 25 heavy (non-hydrogen) atoms. The molecule has 2 fully saturated rings. The highest BCUT2D eigenvalue weighted by Crippen LogP contribution is 2.41. The topological polar surface area (TPSA) is 26.7 Å². The highest BCUT2D eigenvalue weighted by Gasteiger charge is 2.46. The average molecular weight is 343 g/mol. The summed E-state index contributed by atoms with van der Waals surface area (Å²) in [4.78, 5) is 5.09. The molecular weight excluding hydrogens is 308 g/mol. The van der Waals surface area contributed by atoms with Crippen LogP contribution in [-0.4, -0.2) is 60.8 Å². The zero-order valence-corrected chi connectivity index (χ0v) is 16.1. The molecule has 138 valence electrons. The molecule has 2 aliphatic heterocycles. The number of aliphatic hydroxyl groups is 1. The van der Waals surface area contributed by atoms with Gasteiger partial charge in [-0.3, -0.25) is 4.90 Å². The van der Waals surface area contributed by atoms with Gasteiger partial charge in [-0.1, -0.05) is 50.3 Å². The van der Waals surface area contributed by atoms with Crippen LogP contribution in [0.4, 0.5) is 0 Å². The number of likely N-dealkylation sites (tertiary alicyclic amines) is 2. The molecular formula is C22H34N2O. The van der Waals surface area contributed by atoms with Crippen molar-refractivity contribution in [3.8, 4) is 0 Å². The van der Waals surface area contributed by atoms with Crippen LogP contribution in [0.2, 0.25) is 0 Å². The number of rotatable bonds is 5. The summed E-state index contributed by atoms with van der Waals surface area (Å²) < 4.78 is 0. The largest absolute Gasteiger partial charge is 0.396 e. The zero-order valence-electron chi connectivity index (χ0n) is 16.1. The Morgan fingerprint density at radius 2 is 2.00 bits per heavy atom. The highest BCUT2D eigenvalue weighted by atomic mass is 16.3. The zero-order chi connectivity index (χ0) is 17.9. The van der Waals surface area contributed by atoms with Crippen molar-refractivity contribution in [2.75, 3.05) is 39.8 Å². The normalized spacial score (nSPS) is 29.0. The molecule has 2 atom stereocenters. The number of fused-ring (bicyclic) bond motifs is 1. The second-order valence-corrected chi connectivity index (χ2v) is 8.41. The third kappa shape index (κ3) is 4.16. The van der Waals surface area contributed by atoms with Crippen molar-refractivity contribution >= 4 is 5.57 Å². The van der Waals surface area contributed by atoms with Gasteiger partial charge >= 0.3 is 0 Å². The van der Waals surface area contributed by atoms with Gasteiger partial charge in [-0.15, -0.1) is 0 Å². The summed E-state index contributed by atoms with van der Waals surface area (Å²) in [6.45, 7) is 9.17. The van der Waals surface area contributed by atoms with Gasteiger partial charge in [0.1, 0.15) is 0 Å². The van der Waals surface area contributed by atoms with E-state index in [9.17, 15) is 5.11 Å². The average Bonchev–Trinajstić information content (AvgIpc) is 2.62. The van der Waals surface area contributed by atoms with Crippen LogP contribution in [0.25, 0.3) is 5.57 Å². The van der Waals surface area contributed by atoms with E-state index in [1.807, 2.05) is 0 Å². The Kier molecular flexibility index (Phi) is 5.98. The fraction of sp³-hybridized carbons (Fsp3) is 0.636. The number of hydrogen-bond acceptors (Lipinski definition) is 3. The molecule has 0 unspecified atom stereocenters. The quantitative estimate of drug-likeness (QED) is 0.887. The van der Waals surface area contributed by atoms with Crippen LogP contribution in [0.15, 0.2) is 36.4 Å². The van der Waals surface area contributed by atoms with Gasteiger partial charge in [0, 0.05) is 24.5 Å². The Bertz CT molecular complexity index is 583. The predicted molar refractivity (Wildman–Crippen MR) is 105 cm³/mol. The standard InChI is InChI=1S/C22H34N2O/c1-18(2)14-20(19-8-5-4-6-9-19)15-24-13-11-22(17-25)10-7-12-23(3)21(22)16-24/h4-6,8-9,14,18,21,25H,7,10-13,15-17H2,1-3H3/t21-,22-/m1/s1. The van der Waals surface area contributed by atoms with Crippen molar-refractivity contribution in [1.82, 2.24) is 9.80 Å². The van der Waals surface area contributed by atoms with Crippen LogP contribution in [-0.2, 0) is 0 Å². The third-order valence-electron chi connectivity index (χ3n) is 6.17. The van der Waals surface area contributed by atoms with Crippen LogP contribution >= 0.6 is 0 Å². The van der Waals surface area contributed by atoms with Crippen molar-refractivity contribution in [2.45, 2.75) is 39.2 Å². The molecule has 3 heteroatoms. The molecule has 1 N–H and O–H groups in total. The molecule has 0 saturated carbocycles. The molecule has 2 heterocycles. The summed E-state index contributed by atoms with van der Waals surface area (Å²) in [7, 11) is 2.24. The van der Waals surface area contributed by atoms with E-state index in [1.54, 1.807) is 0 Å². The van der Waals surface area contributed by atoms with Crippen molar-refractivity contribution in [1.29, 1.82) is 0 Å². The lowest BCUT2D eigenvalue weighted by molar-refractivity contribution is -0.0640. The van der Waals surface area contributed by atoms with E-state index in [-0.39, 0.29) is 5.41 Å². The van der Waals surface area contributed by atoms with Gasteiger partial charge in [-0.05, 0) is 56.5 Å². The van der Waals surface area contributed by atoms with E-state index in [0.717, 1.165) is 32.6 Å². The first-order valence-electron chi connectivity index (χ1n) is 9.84. The minimum absolute atomic E-state index is 0.123. The Morgan fingerprint density at radius 3 is 2.68 bits per heavy atom. The maximum Gasteiger partial charge on any atom is 0.0503 e. The minimum Gasteiger partial charge on any atom is -0.396 e. The van der Waals surface area contributed by atoms with Gasteiger partial charge in [0.25, 0.3) is 0 Å². The SMILES string of the molecule is CC(C)C=C(CN1CC[C@@]2(CO)CCCN(C)[C@@H]2C1)c1ccccc1. The van der Waals surface area contributed by atoms with Crippen molar-refractivity contribution in [3.63, 3.8) is 0 Å². The second-order valence-electron chi connectivity index (χ2n) is 8.41. The second kappa shape index (κ2) is 8.03. The molecule has 0 amide bonds. The molecule has 3 rings (SSSR count). The first kappa shape index (κ1) is 18.6. The van der Waals surface area contributed by atoms with E-state index in [0.29, 0.717) is 18.6 Å². The van der Waals surface area contributed by atoms with E-state index in [1.165, 1.54) is 24.0 Å². The number of benzene rings is 1. The monoisotopic (exact) mass is 342 g/mol. The number of likely N-dealkylation sites (N-methyl/N-ethyl adjacent to an activating group) is 1. The number of aliphatic hydroxyl groups excluding tert-OH is 1. The summed E-state index contributed by atoms with van der Waals surface area (Å²) >= 11 is 0. The van der Waals surface area contributed by atoms with Gasteiger partial charge in [-0.25, -0.2) is 0 Å². The van der Waals surface area contributed by atoms with Gasteiger partial charge in [0.2, 0.25) is 0 Å². The molecule has 0 radical (unpaired) electrons. The Labute approximate surface area is 153 Å². The molecule has 0 bridgehead atoms. The third-order valence-corrected chi connectivity index (χ3v) is 6.17. The molecule has 3 nitrogen and oxygen atoms in total. The van der Waals surface area contributed by atoms with Gasteiger partial charge < -0.3 is 10.0 Å². The molecule has 2 aliphatic rings. The van der Waals surface area contributed by atoms with Gasteiger partial charge in [0.15, 0.2) is 0 Å². The van der Waals surface area contributed by atoms with Crippen LogP contribution < -0.4 is 0 Å². The fourth-order valence-corrected chi connectivity index (χ4v) is 4.75. The molecule has 1 aromatic carbocycles. The number of piperidine rings is 2. The van der Waals surface area contributed by atoms with E-state index in [2.05, 4.69) is 67.1 Å². The first-order valence-corrected chi connectivity index (χ1v) is 9.84. The van der Waals surface area contributed by atoms with Crippen molar-refractivity contribution < 1.29 is 5.11 Å². The molecule has 0 aromatic heterocycles. The summed E-state index contributed by atoms with van der Waals surface area (Å²) in [6, 6.07) is 11.3. The Hall–Kier alpha value is -1.16. The lowest BCUT2D eigenvalue weighted by Crippen LogP contribution is -2.61. The smallest absolute Gasteiger partial charge is 0.0503 e. The Morgan fingerprint density at radius 1 is 1.24 bits per heavy atom. The van der Waals surface area contributed by atoms with Crippen molar-refractivity contribution in [3.05, 3.63) is 42.0 Å². The maximum atomic E-state index is 10.1. The molecule has 0 spiro atoms. The maximum absolute atomic E-state index is 10.1. The molecule has 0 aliphatic carbocycles. The summed E-state index contributed by atoms with van der Waals surface area (Å²) in [5.74, 6) is 0.550. The Balaban J connectivity index is 1.76.